The van der Waals surface area contributed by atoms with Crippen LogP contribution in [0.15, 0.2) is 200 Å². The molecular weight excluding hydrogens is 603 g/mol. The molecule has 1 heteroatoms. The Labute approximate surface area is 292 Å². The van der Waals surface area contributed by atoms with E-state index in [1.54, 1.807) is 0 Å². The van der Waals surface area contributed by atoms with Gasteiger partial charge in [-0.15, -0.1) is 0 Å². The van der Waals surface area contributed by atoms with E-state index < -0.39 is 5.41 Å². The highest BCUT2D eigenvalue weighted by atomic mass is 15.1. The Morgan fingerprint density at radius 1 is 0.320 bits per heavy atom. The van der Waals surface area contributed by atoms with Crippen LogP contribution < -0.4 is 4.90 Å². The Bertz CT molecular complexity index is 2660. The van der Waals surface area contributed by atoms with Crippen molar-refractivity contribution in [2.45, 2.75) is 5.41 Å². The van der Waals surface area contributed by atoms with Crippen molar-refractivity contribution in [3.63, 3.8) is 0 Å². The standard InChI is InChI=1S/C49H33N/c1-3-19-36(20-4-1)49(37-21-5-2-6-22-37)45-28-14-13-26-42(45)43-31-30-38(33-46(43)49)50(47-29-15-18-34-16-7-10-24-40(34)47)48-32-35-17-8-9-23-39(35)41-25-11-12-27-44(41)48/h1-33H. The van der Waals surface area contributed by atoms with Crippen LogP contribution in [0.4, 0.5) is 17.1 Å². The first-order valence-corrected chi connectivity index (χ1v) is 17.4. The highest BCUT2D eigenvalue weighted by Gasteiger charge is 2.46. The summed E-state index contributed by atoms with van der Waals surface area (Å²) in [5.74, 6) is 0. The van der Waals surface area contributed by atoms with Crippen LogP contribution in [0.1, 0.15) is 22.3 Å². The maximum atomic E-state index is 2.50. The number of rotatable bonds is 5. The summed E-state index contributed by atoms with van der Waals surface area (Å²) in [5, 5.41) is 7.40. The van der Waals surface area contributed by atoms with Gasteiger partial charge >= 0.3 is 0 Å². The molecule has 9 aromatic carbocycles. The van der Waals surface area contributed by atoms with Crippen LogP contribution >= 0.6 is 0 Å². The zero-order valence-corrected chi connectivity index (χ0v) is 27.5. The molecule has 0 heterocycles. The molecule has 0 spiro atoms. The van der Waals surface area contributed by atoms with Gasteiger partial charge in [-0.25, -0.2) is 0 Å². The van der Waals surface area contributed by atoms with Gasteiger partial charge in [0.1, 0.15) is 0 Å². The lowest BCUT2D eigenvalue weighted by atomic mass is 9.67. The van der Waals surface area contributed by atoms with Gasteiger partial charge in [0.05, 0.1) is 16.8 Å². The molecule has 1 nitrogen and oxygen atoms in total. The molecule has 0 aliphatic heterocycles. The molecule has 0 saturated carbocycles. The van der Waals surface area contributed by atoms with Crippen LogP contribution in [0.2, 0.25) is 0 Å². The van der Waals surface area contributed by atoms with Gasteiger partial charge in [-0.1, -0.05) is 176 Å². The first-order valence-electron chi connectivity index (χ1n) is 17.4. The van der Waals surface area contributed by atoms with Gasteiger partial charge in [0, 0.05) is 16.5 Å². The third kappa shape index (κ3) is 4.14. The molecular formula is C49H33N. The van der Waals surface area contributed by atoms with E-state index in [-0.39, 0.29) is 0 Å². The Kier molecular flexibility index (Phi) is 6.47. The SMILES string of the molecule is c1ccc(C2(c3ccccc3)c3ccccc3-c3ccc(N(c4cccc5ccccc45)c4cc5ccccc5c5ccccc45)cc32)cc1. The highest BCUT2D eigenvalue weighted by Crippen LogP contribution is 2.57. The van der Waals surface area contributed by atoms with E-state index in [1.807, 2.05) is 0 Å². The van der Waals surface area contributed by atoms with Gasteiger partial charge in [-0.05, 0) is 79.2 Å². The minimum Gasteiger partial charge on any atom is -0.309 e. The molecule has 1 aliphatic rings. The molecule has 0 N–H and O–H groups in total. The van der Waals surface area contributed by atoms with Gasteiger partial charge in [-0.3, -0.25) is 0 Å². The second kappa shape index (κ2) is 11.3. The molecule has 0 aromatic heterocycles. The van der Waals surface area contributed by atoms with E-state index in [1.165, 1.54) is 65.7 Å². The normalized spacial score (nSPS) is 13.0. The van der Waals surface area contributed by atoms with Gasteiger partial charge in [0.25, 0.3) is 0 Å². The van der Waals surface area contributed by atoms with Crippen molar-refractivity contribution in [1.29, 1.82) is 0 Å². The summed E-state index contributed by atoms with van der Waals surface area (Å²) < 4.78 is 0. The Balaban J connectivity index is 1.33. The van der Waals surface area contributed by atoms with E-state index in [9.17, 15) is 0 Å². The third-order valence-corrected chi connectivity index (χ3v) is 10.7. The predicted molar refractivity (Wildman–Crippen MR) is 211 cm³/mol. The van der Waals surface area contributed by atoms with E-state index >= 15 is 0 Å². The summed E-state index contributed by atoms with van der Waals surface area (Å²) >= 11 is 0. The molecule has 9 aromatic rings. The lowest BCUT2D eigenvalue weighted by Crippen LogP contribution is -2.28. The lowest BCUT2D eigenvalue weighted by molar-refractivity contribution is 0.768. The zero-order valence-electron chi connectivity index (χ0n) is 27.5. The number of anilines is 3. The monoisotopic (exact) mass is 635 g/mol. The summed E-state index contributed by atoms with van der Waals surface area (Å²) in [6.07, 6.45) is 0. The van der Waals surface area contributed by atoms with Crippen LogP contribution in [0.25, 0.3) is 43.4 Å². The molecule has 1 aliphatic carbocycles. The van der Waals surface area contributed by atoms with E-state index in [0.717, 1.165) is 17.1 Å². The largest absolute Gasteiger partial charge is 0.309 e. The molecule has 0 radical (unpaired) electrons. The van der Waals surface area contributed by atoms with Gasteiger partial charge < -0.3 is 4.90 Å². The fraction of sp³-hybridized carbons (Fsp3) is 0.0204. The first-order chi connectivity index (χ1) is 24.8. The van der Waals surface area contributed by atoms with Gasteiger partial charge in [0.2, 0.25) is 0 Å². The van der Waals surface area contributed by atoms with Crippen molar-refractivity contribution in [2.24, 2.45) is 0 Å². The van der Waals surface area contributed by atoms with Crippen molar-refractivity contribution >= 4 is 49.4 Å². The van der Waals surface area contributed by atoms with Crippen molar-refractivity contribution in [1.82, 2.24) is 0 Å². The summed E-state index contributed by atoms with van der Waals surface area (Å²) in [6.45, 7) is 0. The van der Waals surface area contributed by atoms with Crippen LogP contribution in [0.3, 0.4) is 0 Å². The molecule has 0 amide bonds. The fourth-order valence-electron chi connectivity index (χ4n) is 8.60. The molecule has 0 fully saturated rings. The summed E-state index contributed by atoms with van der Waals surface area (Å²) in [4.78, 5) is 2.50. The first kappa shape index (κ1) is 28.6. The van der Waals surface area contributed by atoms with Crippen LogP contribution in [-0.4, -0.2) is 0 Å². The van der Waals surface area contributed by atoms with Gasteiger partial charge in [0.15, 0.2) is 0 Å². The smallest absolute Gasteiger partial charge is 0.0714 e. The summed E-state index contributed by atoms with van der Waals surface area (Å²) in [7, 11) is 0. The zero-order chi connectivity index (χ0) is 33.1. The maximum Gasteiger partial charge on any atom is 0.0714 e. The molecule has 10 rings (SSSR count). The molecule has 50 heavy (non-hydrogen) atoms. The van der Waals surface area contributed by atoms with Crippen molar-refractivity contribution < 1.29 is 0 Å². The molecule has 234 valence electrons. The summed E-state index contributed by atoms with van der Waals surface area (Å²) in [5.41, 5.74) is 10.7. The summed E-state index contributed by atoms with van der Waals surface area (Å²) in [6, 6.07) is 73.7. The molecule has 0 atom stereocenters. The predicted octanol–water partition coefficient (Wildman–Crippen LogP) is 13.0. The average molecular weight is 636 g/mol. The number of benzene rings is 9. The Morgan fingerprint density at radius 2 is 0.880 bits per heavy atom. The number of hydrogen-bond acceptors (Lipinski definition) is 1. The van der Waals surface area contributed by atoms with Crippen molar-refractivity contribution in [2.75, 3.05) is 4.90 Å². The Hall–Kier alpha value is -6.44. The van der Waals surface area contributed by atoms with Crippen LogP contribution in [0, 0.1) is 0 Å². The van der Waals surface area contributed by atoms with Crippen molar-refractivity contribution in [3.8, 4) is 11.1 Å². The minimum atomic E-state index is -0.486. The van der Waals surface area contributed by atoms with Gasteiger partial charge in [-0.2, -0.15) is 0 Å². The number of fused-ring (bicyclic) bond motifs is 7. The highest BCUT2D eigenvalue weighted by molar-refractivity contribution is 6.15. The number of hydrogen-bond donors (Lipinski definition) is 0. The Morgan fingerprint density at radius 3 is 1.64 bits per heavy atom. The second-order valence-electron chi connectivity index (χ2n) is 13.3. The molecule has 0 unspecified atom stereocenters. The average Bonchev–Trinajstić information content (AvgIpc) is 3.49. The topological polar surface area (TPSA) is 3.24 Å². The number of nitrogens with zero attached hydrogens (tertiary/aromatic N) is 1. The third-order valence-electron chi connectivity index (χ3n) is 10.7. The van der Waals surface area contributed by atoms with E-state index in [0.29, 0.717) is 0 Å². The minimum absolute atomic E-state index is 0.486. The van der Waals surface area contributed by atoms with E-state index in [2.05, 4.69) is 205 Å². The van der Waals surface area contributed by atoms with Crippen LogP contribution in [-0.2, 0) is 5.41 Å². The second-order valence-corrected chi connectivity index (χ2v) is 13.3. The maximum absolute atomic E-state index is 2.50. The van der Waals surface area contributed by atoms with E-state index in [4.69, 9.17) is 0 Å². The quantitative estimate of drug-likeness (QED) is 0.170. The van der Waals surface area contributed by atoms with Crippen molar-refractivity contribution in [3.05, 3.63) is 222 Å². The molecule has 0 saturated heterocycles. The van der Waals surface area contributed by atoms with Crippen LogP contribution in [0.5, 0.6) is 0 Å². The lowest BCUT2D eigenvalue weighted by Gasteiger charge is -2.35. The fourth-order valence-corrected chi connectivity index (χ4v) is 8.60. The molecule has 0 bridgehead atoms.